The van der Waals surface area contributed by atoms with E-state index in [0.717, 1.165) is 22.4 Å². The smallest absolute Gasteiger partial charge is 0.345 e. The maximum atomic E-state index is 11.2. The number of ether oxygens (including phenoxy) is 1. The van der Waals surface area contributed by atoms with Crippen molar-refractivity contribution in [3.05, 3.63) is 46.0 Å². The van der Waals surface area contributed by atoms with E-state index in [-0.39, 0.29) is 5.69 Å². The number of aromatic nitrogens is 2. The molecule has 0 radical (unpaired) electrons. The summed E-state index contributed by atoms with van der Waals surface area (Å²) in [6.45, 7) is 3.99. The van der Waals surface area contributed by atoms with E-state index in [2.05, 4.69) is 9.97 Å². The van der Waals surface area contributed by atoms with Crippen LogP contribution >= 0.6 is 0 Å². The molecule has 1 aromatic heterocycles. The summed E-state index contributed by atoms with van der Waals surface area (Å²) in [7, 11) is 1.63. The number of hydrogen-bond acceptors (Lipinski definition) is 3. The molecular weight excluding hydrogens is 216 g/mol. The molecule has 0 aliphatic heterocycles. The van der Waals surface area contributed by atoms with Gasteiger partial charge in [-0.1, -0.05) is 6.07 Å². The number of methoxy groups -OCH3 is 1. The van der Waals surface area contributed by atoms with Gasteiger partial charge in [-0.3, -0.25) is 0 Å². The van der Waals surface area contributed by atoms with Gasteiger partial charge in [-0.2, -0.15) is 0 Å². The average molecular weight is 230 g/mol. The lowest BCUT2D eigenvalue weighted by atomic mass is 10.0. The minimum absolute atomic E-state index is 0.358. The molecule has 1 heterocycles. The molecular formula is C13H14N2O2. The molecule has 0 aliphatic rings. The van der Waals surface area contributed by atoms with Gasteiger partial charge in [0.2, 0.25) is 0 Å². The minimum atomic E-state index is -0.358. The Bertz CT molecular complexity index is 603. The highest BCUT2D eigenvalue weighted by Crippen LogP contribution is 2.32. The number of nitrogens with zero attached hydrogens (tertiary/aromatic N) is 1. The van der Waals surface area contributed by atoms with Crippen LogP contribution < -0.4 is 10.4 Å². The van der Waals surface area contributed by atoms with Crippen molar-refractivity contribution in [2.75, 3.05) is 7.11 Å². The van der Waals surface area contributed by atoms with Crippen molar-refractivity contribution in [1.82, 2.24) is 9.97 Å². The van der Waals surface area contributed by atoms with Crippen LogP contribution in [0.5, 0.6) is 5.75 Å². The largest absolute Gasteiger partial charge is 0.496 e. The van der Waals surface area contributed by atoms with Crippen LogP contribution in [0.2, 0.25) is 0 Å². The molecule has 0 spiro atoms. The molecule has 0 unspecified atom stereocenters. The molecule has 0 amide bonds. The first-order valence-corrected chi connectivity index (χ1v) is 5.33. The van der Waals surface area contributed by atoms with Gasteiger partial charge in [-0.15, -0.1) is 0 Å². The fourth-order valence-electron chi connectivity index (χ4n) is 1.95. The summed E-state index contributed by atoms with van der Waals surface area (Å²) in [6.07, 6.45) is 1.49. The van der Waals surface area contributed by atoms with E-state index >= 15 is 0 Å². The maximum Gasteiger partial charge on any atom is 0.345 e. The van der Waals surface area contributed by atoms with Crippen LogP contribution in [0.4, 0.5) is 0 Å². The fourth-order valence-corrected chi connectivity index (χ4v) is 1.95. The van der Waals surface area contributed by atoms with Gasteiger partial charge in [0.15, 0.2) is 0 Å². The van der Waals surface area contributed by atoms with Crippen LogP contribution in [0.1, 0.15) is 11.1 Å². The van der Waals surface area contributed by atoms with Gasteiger partial charge in [0, 0.05) is 11.8 Å². The molecule has 0 saturated heterocycles. The van der Waals surface area contributed by atoms with Gasteiger partial charge in [0.25, 0.3) is 0 Å². The van der Waals surface area contributed by atoms with E-state index in [0.29, 0.717) is 5.69 Å². The Hall–Kier alpha value is -2.10. The second-order valence-electron chi connectivity index (χ2n) is 3.95. The average Bonchev–Trinajstić information content (AvgIpc) is 2.28. The molecule has 2 aromatic rings. The highest BCUT2D eigenvalue weighted by atomic mass is 16.5. The summed E-state index contributed by atoms with van der Waals surface area (Å²) >= 11 is 0. The number of H-pyrrole nitrogens is 1. The first kappa shape index (κ1) is 11.4. The lowest BCUT2D eigenvalue weighted by Gasteiger charge is -2.12. The van der Waals surface area contributed by atoms with E-state index in [1.807, 2.05) is 26.0 Å². The van der Waals surface area contributed by atoms with Gasteiger partial charge in [-0.05, 0) is 37.1 Å². The SMILES string of the molecule is COc1c(C)cc(C)cc1-c1ccnc(=O)[nH]1. The van der Waals surface area contributed by atoms with Crippen molar-refractivity contribution in [3.63, 3.8) is 0 Å². The van der Waals surface area contributed by atoms with E-state index in [1.54, 1.807) is 13.2 Å². The fraction of sp³-hybridized carbons (Fsp3) is 0.231. The van der Waals surface area contributed by atoms with Crippen molar-refractivity contribution >= 4 is 0 Å². The second-order valence-corrected chi connectivity index (χ2v) is 3.95. The summed E-state index contributed by atoms with van der Waals surface area (Å²) in [4.78, 5) is 17.5. The van der Waals surface area contributed by atoms with Crippen LogP contribution in [0.3, 0.4) is 0 Å². The highest BCUT2D eigenvalue weighted by molar-refractivity contribution is 5.69. The predicted molar refractivity (Wildman–Crippen MR) is 66.3 cm³/mol. The van der Waals surface area contributed by atoms with Crippen molar-refractivity contribution in [3.8, 4) is 17.0 Å². The lowest BCUT2D eigenvalue weighted by molar-refractivity contribution is 0.413. The van der Waals surface area contributed by atoms with E-state index in [9.17, 15) is 4.79 Å². The molecule has 0 fully saturated rings. The molecule has 4 heteroatoms. The number of aryl methyl sites for hydroxylation is 2. The summed E-state index contributed by atoms with van der Waals surface area (Å²) in [5.74, 6) is 0.775. The molecule has 4 nitrogen and oxygen atoms in total. The van der Waals surface area contributed by atoms with Crippen LogP contribution in [0.15, 0.2) is 29.2 Å². The zero-order chi connectivity index (χ0) is 12.4. The highest BCUT2D eigenvalue weighted by Gasteiger charge is 2.10. The summed E-state index contributed by atoms with van der Waals surface area (Å²) in [5.41, 5.74) is 3.40. The van der Waals surface area contributed by atoms with E-state index < -0.39 is 0 Å². The summed E-state index contributed by atoms with van der Waals surface area (Å²) in [6, 6.07) is 5.79. The molecule has 88 valence electrons. The first-order valence-electron chi connectivity index (χ1n) is 5.33. The van der Waals surface area contributed by atoms with E-state index in [4.69, 9.17) is 4.74 Å². The Morgan fingerprint density at radius 3 is 2.71 bits per heavy atom. The summed E-state index contributed by atoms with van der Waals surface area (Å²) in [5, 5.41) is 0. The number of hydrogen-bond donors (Lipinski definition) is 1. The number of nitrogens with one attached hydrogen (secondary N) is 1. The molecule has 1 N–H and O–H groups in total. The first-order chi connectivity index (χ1) is 8.11. The molecule has 0 atom stereocenters. The minimum Gasteiger partial charge on any atom is -0.496 e. The third-order valence-electron chi connectivity index (χ3n) is 2.59. The second kappa shape index (κ2) is 4.41. The number of benzene rings is 1. The topological polar surface area (TPSA) is 55.0 Å². The maximum absolute atomic E-state index is 11.2. The Balaban J connectivity index is 2.70. The zero-order valence-corrected chi connectivity index (χ0v) is 10.1. The molecule has 1 aromatic carbocycles. The Morgan fingerprint density at radius 1 is 1.29 bits per heavy atom. The molecule has 0 aliphatic carbocycles. The van der Waals surface area contributed by atoms with Gasteiger partial charge < -0.3 is 9.72 Å². The van der Waals surface area contributed by atoms with Crippen molar-refractivity contribution in [1.29, 1.82) is 0 Å². The number of rotatable bonds is 2. The van der Waals surface area contributed by atoms with Gasteiger partial charge in [0.1, 0.15) is 5.75 Å². The van der Waals surface area contributed by atoms with Crippen LogP contribution in [-0.4, -0.2) is 17.1 Å². The third kappa shape index (κ3) is 2.20. The summed E-state index contributed by atoms with van der Waals surface area (Å²) < 4.78 is 5.38. The zero-order valence-electron chi connectivity index (χ0n) is 10.1. The molecule has 0 saturated carbocycles. The van der Waals surface area contributed by atoms with E-state index in [1.165, 1.54) is 6.20 Å². The van der Waals surface area contributed by atoms with Gasteiger partial charge >= 0.3 is 5.69 Å². The van der Waals surface area contributed by atoms with Crippen LogP contribution in [-0.2, 0) is 0 Å². The van der Waals surface area contributed by atoms with Crippen LogP contribution in [0.25, 0.3) is 11.3 Å². The predicted octanol–water partition coefficient (Wildman–Crippen LogP) is 2.06. The normalized spacial score (nSPS) is 10.3. The van der Waals surface area contributed by atoms with Crippen LogP contribution in [0, 0.1) is 13.8 Å². The Morgan fingerprint density at radius 2 is 2.06 bits per heavy atom. The quantitative estimate of drug-likeness (QED) is 0.859. The third-order valence-corrected chi connectivity index (χ3v) is 2.59. The Kier molecular flexibility index (Phi) is 2.95. The monoisotopic (exact) mass is 230 g/mol. The lowest BCUT2D eigenvalue weighted by Crippen LogP contribution is -2.09. The molecule has 17 heavy (non-hydrogen) atoms. The van der Waals surface area contributed by atoms with Crippen molar-refractivity contribution < 1.29 is 4.74 Å². The Labute approximate surface area is 99.3 Å². The van der Waals surface area contributed by atoms with Gasteiger partial charge in [-0.25, -0.2) is 9.78 Å². The standard InChI is InChI=1S/C13H14N2O2/c1-8-6-9(2)12(17-3)10(7-8)11-4-5-14-13(16)15-11/h4-7H,1-3H3,(H,14,15,16). The molecule has 2 rings (SSSR count). The van der Waals surface area contributed by atoms with Crippen molar-refractivity contribution in [2.45, 2.75) is 13.8 Å². The van der Waals surface area contributed by atoms with Crippen molar-refractivity contribution in [2.24, 2.45) is 0 Å². The molecule has 0 bridgehead atoms. The number of aromatic amines is 1. The van der Waals surface area contributed by atoms with Gasteiger partial charge in [0.05, 0.1) is 12.8 Å².